The normalized spacial score (nSPS) is 16.5. The molecule has 0 saturated heterocycles. The van der Waals surface area contributed by atoms with Crippen LogP contribution in [0.5, 0.6) is 0 Å². The molecule has 0 aromatic carbocycles. The Kier molecular flexibility index (Phi) is 5.30. The Morgan fingerprint density at radius 1 is 1.19 bits per heavy atom. The van der Waals surface area contributed by atoms with Gasteiger partial charge >= 0.3 is 18.0 Å². The minimum atomic E-state index is -0.867. The molecule has 3 heterocycles. The first-order valence-corrected chi connectivity index (χ1v) is 8.23. The molecule has 142 valence electrons. The molecule has 1 atom stereocenters. The molecule has 2 aromatic rings. The minimum Gasteiger partial charge on any atom is -0.472 e. The third-order valence-electron chi connectivity index (χ3n) is 3.80. The van der Waals surface area contributed by atoms with E-state index < -0.39 is 24.0 Å². The molecule has 1 aliphatic rings. The summed E-state index contributed by atoms with van der Waals surface area (Å²) < 4.78 is 20.7. The number of amides is 2. The third kappa shape index (κ3) is 4.02. The Balaban J connectivity index is 1.91. The Hall–Kier alpha value is -3.49. The molecule has 0 aliphatic carbocycles. The van der Waals surface area contributed by atoms with Gasteiger partial charge in [-0.05, 0) is 32.0 Å². The number of aryl methyl sites for hydroxylation is 1. The first kappa shape index (κ1) is 18.3. The van der Waals surface area contributed by atoms with Gasteiger partial charge in [-0.2, -0.15) is 0 Å². The van der Waals surface area contributed by atoms with Crippen LogP contribution in [0.25, 0.3) is 0 Å². The van der Waals surface area contributed by atoms with E-state index in [2.05, 4.69) is 10.6 Å². The van der Waals surface area contributed by atoms with Crippen LogP contribution in [-0.2, 0) is 14.3 Å². The Bertz CT molecular complexity index is 879. The van der Waals surface area contributed by atoms with Crippen LogP contribution >= 0.6 is 0 Å². The molecule has 0 spiro atoms. The lowest BCUT2D eigenvalue weighted by Gasteiger charge is -2.27. The summed E-state index contributed by atoms with van der Waals surface area (Å²) in [7, 11) is 0. The van der Waals surface area contributed by atoms with E-state index in [1.165, 1.54) is 18.6 Å². The van der Waals surface area contributed by atoms with Gasteiger partial charge in [0, 0.05) is 0 Å². The quantitative estimate of drug-likeness (QED) is 0.744. The van der Waals surface area contributed by atoms with Crippen LogP contribution in [0, 0.1) is 6.92 Å². The fraction of sp³-hybridized carbons (Fsp3) is 0.278. The average molecular weight is 374 g/mol. The largest absolute Gasteiger partial charge is 0.472 e. The maximum absolute atomic E-state index is 12.5. The van der Waals surface area contributed by atoms with Crippen molar-refractivity contribution in [3.8, 4) is 0 Å². The molecule has 9 heteroatoms. The molecule has 2 amide bonds. The van der Waals surface area contributed by atoms with Crippen LogP contribution < -0.4 is 10.6 Å². The van der Waals surface area contributed by atoms with Gasteiger partial charge in [-0.1, -0.05) is 0 Å². The van der Waals surface area contributed by atoms with Crippen molar-refractivity contribution in [2.75, 3.05) is 13.2 Å². The van der Waals surface area contributed by atoms with E-state index in [0.717, 1.165) is 0 Å². The minimum absolute atomic E-state index is 0.103. The average Bonchev–Trinajstić information content (AvgIpc) is 3.31. The Labute approximate surface area is 154 Å². The fourth-order valence-electron chi connectivity index (χ4n) is 2.61. The van der Waals surface area contributed by atoms with Crippen LogP contribution in [-0.4, -0.2) is 31.2 Å². The zero-order valence-electron chi connectivity index (χ0n) is 14.7. The highest BCUT2D eigenvalue weighted by atomic mass is 16.5. The maximum atomic E-state index is 12.5. The summed E-state index contributed by atoms with van der Waals surface area (Å²) in [6.45, 7) is 3.22. The summed E-state index contributed by atoms with van der Waals surface area (Å²) in [4.78, 5) is 36.6. The molecular weight excluding hydrogens is 356 g/mol. The van der Waals surface area contributed by atoms with Crippen LogP contribution in [0.4, 0.5) is 4.79 Å². The predicted octanol–water partition coefficient (Wildman–Crippen LogP) is 2.21. The third-order valence-corrected chi connectivity index (χ3v) is 3.80. The molecule has 1 aliphatic heterocycles. The van der Waals surface area contributed by atoms with E-state index in [-0.39, 0.29) is 30.0 Å². The summed E-state index contributed by atoms with van der Waals surface area (Å²) >= 11 is 0. The number of hydrogen-bond donors (Lipinski definition) is 2. The summed E-state index contributed by atoms with van der Waals surface area (Å²) in [5.74, 6) is -0.325. The van der Waals surface area contributed by atoms with E-state index in [1.807, 2.05) is 0 Å². The zero-order valence-corrected chi connectivity index (χ0v) is 14.7. The second kappa shape index (κ2) is 7.81. The summed E-state index contributed by atoms with van der Waals surface area (Å²) in [5.41, 5.74) is 0.436. The molecule has 2 aromatic heterocycles. The molecule has 1 unspecified atom stereocenters. The molecule has 27 heavy (non-hydrogen) atoms. The lowest BCUT2D eigenvalue weighted by molar-refractivity contribution is -0.139. The van der Waals surface area contributed by atoms with Gasteiger partial charge in [-0.3, -0.25) is 0 Å². The first-order chi connectivity index (χ1) is 13.0. The second-order valence-electron chi connectivity index (χ2n) is 5.68. The van der Waals surface area contributed by atoms with Gasteiger partial charge in [0.25, 0.3) is 0 Å². The number of furan rings is 2. The van der Waals surface area contributed by atoms with Gasteiger partial charge in [0.15, 0.2) is 0 Å². The lowest BCUT2D eigenvalue weighted by atomic mass is 10.0. The van der Waals surface area contributed by atoms with E-state index >= 15 is 0 Å². The van der Waals surface area contributed by atoms with E-state index in [9.17, 15) is 14.4 Å². The highest BCUT2D eigenvalue weighted by Crippen LogP contribution is 2.29. The Morgan fingerprint density at radius 2 is 2.00 bits per heavy atom. The van der Waals surface area contributed by atoms with Gasteiger partial charge in [0.1, 0.15) is 30.4 Å². The van der Waals surface area contributed by atoms with Crippen molar-refractivity contribution in [3.05, 3.63) is 59.1 Å². The van der Waals surface area contributed by atoms with Crippen LogP contribution in [0.1, 0.15) is 34.8 Å². The molecule has 9 nitrogen and oxygen atoms in total. The molecular formula is C18H18N2O7. The van der Waals surface area contributed by atoms with Crippen molar-refractivity contribution < 1.29 is 32.7 Å². The van der Waals surface area contributed by atoms with Gasteiger partial charge < -0.3 is 28.9 Å². The van der Waals surface area contributed by atoms with E-state index in [1.54, 1.807) is 26.0 Å². The van der Waals surface area contributed by atoms with Gasteiger partial charge in [0.05, 0.1) is 29.7 Å². The molecule has 3 rings (SSSR count). The van der Waals surface area contributed by atoms with Gasteiger partial charge in [-0.15, -0.1) is 0 Å². The van der Waals surface area contributed by atoms with Gasteiger partial charge in [-0.25, -0.2) is 14.4 Å². The monoisotopic (exact) mass is 374 g/mol. The lowest BCUT2D eigenvalue weighted by Crippen LogP contribution is -2.47. The number of esters is 2. The predicted molar refractivity (Wildman–Crippen MR) is 90.5 cm³/mol. The molecule has 2 N–H and O–H groups in total. The summed E-state index contributed by atoms with van der Waals surface area (Å²) in [6.07, 6.45) is 2.57. The highest BCUT2D eigenvalue weighted by molar-refractivity contribution is 5.95. The van der Waals surface area contributed by atoms with E-state index in [0.29, 0.717) is 11.5 Å². The standard InChI is InChI=1S/C18H18N2O7/c1-3-25-17(22)14-12(9-26-16(21)11-6-7-24-8-11)19-18(23)20-15(14)13-5-4-10(2)27-13/h4-8,15H,3,9H2,1-2H3,(H2,19,20,23). The number of carbonyl (C=O) groups is 3. The second-order valence-corrected chi connectivity index (χ2v) is 5.68. The van der Waals surface area contributed by atoms with Crippen molar-refractivity contribution in [3.63, 3.8) is 0 Å². The number of hydrogen-bond acceptors (Lipinski definition) is 7. The number of ether oxygens (including phenoxy) is 2. The van der Waals surface area contributed by atoms with Crippen molar-refractivity contribution in [1.29, 1.82) is 0 Å². The van der Waals surface area contributed by atoms with Crippen LogP contribution in [0.2, 0.25) is 0 Å². The SMILES string of the molecule is CCOC(=O)C1=C(COC(=O)c2ccoc2)NC(=O)NC1c1ccc(C)o1. The zero-order chi connectivity index (χ0) is 19.4. The Morgan fingerprint density at radius 3 is 2.63 bits per heavy atom. The number of nitrogens with one attached hydrogen (secondary N) is 2. The molecule has 0 radical (unpaired) electrons. The van der Waals surface area contributed by atoms with Gasteiger partial charge in [0.2, 0.25) is 0 Å². The fourth-order valence-corrected chi connectivity index (χ4v) is 2.61. The first-order valence-electron chi connectivity index (χ1n) is 8.23. The smallest absolute Gasteiger partial charge is 0.341 e. The molecule has 0 saturated carbocycles. The molecule has 0 fully saturated rings. The number of urea groups is 1. The van der Waals surface area contributed by atoms with E-state index in [4.69, 9.17) is 18.3 Å². The highest BCUT2D eigenvalue weighted by Gasteiger charge is 2.36. The summed E-state index contributed by atoms with van der Waals surface area (Å²) in [6, 6.07) is 3.38. The maximum Gasteiger partial charge on any atom is 0.341 e. The van der Waals surface area contributed by atoms with Crippen molar-refractivity contribution in [2.45, 2.75) is 19.9 Å². The topological polar surface area (TPSA) is 120 Å². The summed E-state index contributed by atoms with van der Waals surface area (Å²) in [5, 5.41) is 5.12. The van der Waals surface area contributed by atoms with Crippen molar-refractivity contribution >= 4 is 18.0 Å². The number of rotatable bonds is 6. The van der Waals surface area contributed by atoms with Crippen molar-refractivity contribution in [2.24, 2.45) is 0 Å². The van der Waals surface area contributed by atoms with Crippen molar-refractivity contribution in [1.82, 2.24) is 10.6 Å². The number of carbonyl (C=O) groups excluding carboxylic acids is 3. The molecule has 0 bridgehead atoms. The van der Waals surface area contributed by atoms with Crippen LogP contribution in [0.3, 0.4) is 0 Å². The van der Waals surface area contributed by atoms with Crippen LogP contribution in [0.15, 0.2) is 50.8 Å².